The molecule has 1 N–H and O–H groups in total. The number of fused-ring (bicyclic) bond motifs is 1. The van der Waals surface area contributed by atoms with E-state index in [1.165, 1.54) is 33.3 Å². The van der Waals surface area contributed by atoms with Gasteiger partial charge in [0.25, 0.3) is 0 Å². The number of aromatic nitrogens is 1. The number of aryl methyl sites for hydroxylation is 2. The molecule has 15 heavy (non-hydrogen) atoms. The van der Waals surface area contributed by atoms with Gasteiger partial charge in [0.1, 0.15) is 5.75 Å². The van der Waals surface area contributed by atoms with Crippen molar-refractivity contribution in [2.45, 2.75) is 27.7 Å². The van der Waals surface area contributed by atoms with E-state index >= 15 is 0 Å². The van der Waals surface area contributed by atoms with E-state index in [9.17, 15) is 0 Å². The Bertz CT molecular complexity index is 523. The van der Waals surface area contributed by atoms with Gasteiger partial charge < -0.3 is 9.72 Å². The number of methoxy groups -OCH3 is 1. The number of aromatic amines is 1. The van der Waals surface area contributed by atoms with E-state index in [1.54, 1.807) is 7.11 Å². The van der Waals surface area contributed by atoms with E-state index in [0.29, 0.717) is 0 Å². The molecule has 0 unspecified atom stereocenters. The Morgan fingerprint density at radius 2 is 1.67 bits per heavy atom. The summed E-state index contributed by atoms with van der Waals surface area (Å²) in [5, 5.41) is 1.19. The van der Waals surface area contributed by atoms with Crippen LogP contribution >= 0.6 is 0 Å². The largest absolute Gasteiger partial charge is 0.496 e. The normalized spacial score (nSPS) is 11.0. The lowest BCUT2D eigenvalue weighted by Crippen LogP contribution is -1.94. The van der Waals surface area contributed by atoms with Gasteiger partial charge in [-0.25, -0.2) is 0 Å². The van der Waals surface area contributed by atoms with Gasteiger partial charge in [-0.05, 0) is 50.5 Å². The number of ether oxygens (including phenoxy) is 1. The maximum atomic E-state index is 5.49. The second kappa shape index (κ2) is 3.30. The summed E-state index contributed by atoms with van der Waals surface area (Å²) >= 11 is 0. The molecule has 0 bridgehead atoms. The van der Waals surface area contributed by atoms with Gasteiger partial charge in [0.2, 0.25) is 0 Å². The van der Waals surface area contributed by atoms with Crippen molar-refractivity contribution in [3.63, 3.8) is 0 Å². The van der Waals surface area contributed by atoms with Crippen LogP contribution < -0.4 is 4.74 Å². The highest BCUT2D eigenvalue weighted by molar-refractivity contribution is 5.91. The molecule has 2 heteroatoms. The SMILES string of the molecule is COc1c(C)c(C)c(C)c2[nH]c(C)cc12. The van der Waals surface area contributed by atoms with Crippen molar-refractivity contribution in [2.75, 3.05) is 7.11 Å². The van der Waals surface area contributed by atoms with Gasteiger partial charge >= 0.3 is 0 Å². The molecule has 2 nitrogen and oxygen atoms in total. The lowest BCUT2D eigenvalue weighted by atomic mass is 10.00. The van der Waals surface area contributed by atoms with Gasteiger partial charge in [0, 0.05) is 11.1 Å². The second-order valence-electron chi connectivity index (χ2n) is 4.15. The Kier molecular flexibility index (Phi) is 2.22. The number of hydrogen-bond donors (Lipinski definition) is 1. The molecule has 0 aliphatic rings. The molecule has 1 heterocycles. The highest BCUT2D eigenvalue weighted by Crippen LogP contribution is 2.35. The van der Waals surface area contributed by atoms with Gasteiger partial charge in [0.15, 0.2) is 0 Å². The Hall–Kier alpha value is -1.44. The predicted octanol–water partition coefficient (Wildman–Crippen LogP) is 3.41. The van der Waals surface area contributed by atoms with Gasteiger partial charge in [-0.3, -0.25) is 0 Å². The molecule has 0 aliphatic heterocycles. The number of H-pyrrole nitrogens is 1. The molecule has 0 spiro atoms. The average Bonchev–Trinajstić information content (AvgIpc) is 2.58. The van der Waals surface area contributed by atoms with Crippen molar-refractivity contribution in [2.24, 2.45) is 0 Å². The van der Waals surface area contributed by atoms with Crippen LogP contribution in [0.25, 0.3) is 10.9 Å². The summed E-state index contributed by atoms with van der Waals surface area (Å²) in [4.78, 5) is 3.39. The number of hydrogen-bond acceptors (Lipinski definition) is 1. The monoisotopic (exact) mass is 203 g/mol. The first-order valence-electron chi connectivity index (χ1n) is 5.19. The summed E-state index contributed by atoms with van der Waals surface area (Å²) < 4.78 is 5.49. The zero-order valence-electron chi connectivity index (χ0n) is 9.99. The maximum absolute atomic E-state index is 5.49. The molecule has 0 fully saturated rings. The third-order valence-corrected chi connectivity index (χ3v) is 3.24. The predicted molar refractivity (Wildman–Crippen MR) is 63.8 cm³/mol. The van der Waals surface area contributed by atoms with Crippen LogP contribution in [0.1, 0.15) is 22.4 Å². The average molecular weight is 203 g/mol. The highest BCUT2D eigenvalue weighted by atomic mass is 16.5. The van der Waals surface area contributed by atoms with Crippen LogP contribution in [0, 0.1) is 27.7 Å². The second-order valence-corrected chi connectivity index (χ2v) is 4.15. The molecule has 0 saturated heterocycles. The Morgan fingerprint density at radius 1 is 1.00 bits per heavy atom. The van der Waals surface area contributed by atoms with Crippen LogP contribution in [0.3, 0.4) is 0 Å². The topological polar surface area (TPSA) is 25.0 Å². The fraction of sp³-hybridized carbons (Fsp3) is 0.385. The molecule has 2 aromatic rings. The molecule has 0 atom stereocenters. The van der Waals surface area contributed by atoms with E-state index in [2.05, 4.69) is 38.7 Å². The molecular weight excluding hydrogens is 186 g/mol. The Balaban J connectivity index is 2.96. The quantitative estimate of drug-likeness (QED) is 0.754. The molecule has 0 aliphatic carbocycles. The van der Waals surface area contributed by atoms with Gasteiger partial charge in [-0.1, -0.05) is 0 Å². The maximum Gasteiger partial charge on any atom is 0.131 e. The summed E-state index contributed by atoms with van der Waals surface area (Å²) in [5.74, 6) is 0.998. The lowest BCUT2D eigenvalue weighted by Gasteiger charge is -2.12. The summed E-state index contributed by atoms with van der Waals surface area (Å²) in [6.07, 6.45) is 0. The third-order valence-electron chi connectivity index (χ3n) is 3.24. The Labute approximate surface area is 90.3 Å². The third kappa shape index (κ3) is 1.32. The molecular formula is C13H17NO. The smallest absolute Gasteiger partial charge is 0.131 e. The van der Waals surface area contributed by atoms with Crippen LogP contribution in [0.5, 0.6) is 5.75 Å². The number of benzene rings is 1. The van der Waals surface area contributed by atoms with Crippen molar-refractivity contribution in [3.8, 4) is 5.75 Å². The molecule has 1 aromatic heterocycles. The van der Waals surface area contributed by atoms with Crippen molar-refractivity contribution >= 4 is 10.9 Å². The molecule has 0 saturated carbocycles. The van der Waals surface area contributed by atoms with E-state index in [-0.39, 0.29) is 0 Å². The molecule has 2 rings (SSSR count). The van der Waals surface area contributed by atoms with E-state index in [1.807, 2.05) is 0 Å². The minimum absolute atomic E-state index is 0.998. The minimum Gasteiger partial charge on any atom is -0.496 e. The Morgan fingerprint density at radius 3 is 2.27 bits per heavy atom. The fourth-order valence-electron chi connectivity index (χ4n) is 2.17. The highest BCUT2D eigenvalue weighted by Gasteiger charge is 2.13. The van der Waals surface area contributed by atoms with E-state index in [0.717, 1.165) is 5.75 Å². The first-order chi connectivity index (χ1) is 7.06. The minimum atomic E-state index is 0.998. The van der Waals surface area contributed by atoms with Gasteiger partial charge in [-0.2, -0.15) is 0 Å². The summed E-state index contributed by atoms with van der Waals surface area (Å²) in [6, 6.07) is 2.15. The molecule has 1 aromatic carbocycles. The molecule has 0 radical (unpaired) electrons. The number of nitrogens with one attached hydrogen (secondary N) is 1. The van der Waals surface area contributed by atoms with E-state index < -0.39 is 0 Å². The van der Waals surface area contributed by atoms with Crippen LogP contribution in [-0.2, 0) is 0 Å². The summed E-state index contributed by atoms with van der Waals surface area (Å²) in [5.41, 5.74) is 6.24. The lowest BCUT2D eigenvalue weighted by molar-refractivity contribution is 0.416. The molecule has 0 amide bonds. The van der Waals surface area contributed by atoms with E-state index in [4.69, 9.17) is 4.74 Å². The standard InChI is InChI=1S/C13H17NO/c1-7-6-11-12(14-7)9(3)8(2)10(4)13(11)15-5/h6,14H,1-5H3. The fourth-order valence-corrected chi connectivity index (χ4v) is 2.17. The van der Waals surface area contributed by atoms with Crippen LogP contribution in [0.15, 0.2) is 6.07 Å². The summed E-state index contributed by atoms with van der Waals surface area (Å²) in [7, 11) is 1.74. The first-order valence-corrected chi connectivity index (χ1v) is 5.19. The van der Waals surface area contributed by atoms with Crippen molar-refractivity contribution in [1.29, 1.82) is 0 Å². The zero-order valence-corrected chi connectivity index (χ0v) is 9.99. The number of rotatable bonds is 1. The van der Waals surface area contributed by atoms with Crippen molar-refractivity contribution in [1.82, 2.24) is 4.98 Å². The van der Waals surface area contributed by atoms with Crippen LogP contribution in [0.2, 0.25) is 0 Å². The first kappa shape index (κ1) is 10.1. The van der Waals surface area contributed by atoms with Crippen LogP contribution in [-0.4, -0.2) is 12.1 Å². The zero-order chi connectivity index (χ0) is 11.2. The van der Waals surface area contributed by atoms with Crippen molar-refractivity contribution in [3.05, 3.63) is 28.5 Å². The van der Waals surface area contributed by atoms with Crippen LogP contribution in [0.4, 0.5) is 0 Å². The van der Waals surface area contributed by atoms with Crippen molar-refractivity contribution < 1.29 is 4.74 Å². The van der Waals surface area contributed by atoms with Gasteiger partial charge in [0.05, 0.1) is 12.6 Å². The summed E-state index contributed by atoms with van der Waals surface area (Å²) in [6.45, 7) is 8.48. The van der Waals surface area contributed by atoms with Gasteiger partial charge in [-0.15, -0.1) is 0 Å². The molecule has 80 valence electrons.